The Labute approximate surface area is 113 Å². The molecule has 1 heterocycles. The summed E-state index contributed by atoms with van der Waals surface area (Å²) in [5.41, 5.74) is 9.89. The summed E-state index contributed by atoms with van der Waals surface area (Å²) < 4.78 is 7.13. The van der Waals surface area contributed by atoms with Crippen molar-refractivity contribution in [1.82, 2.24) is 9.78 Å². The third-order valence-corrected chi connectivity index (χ3v) is 3.96. The van der Waals surface area contributed by atoms with Crippen molar-refractivity contribution in [2.45, 2.75) is 24.8 Å². The highest BCUT2D eigenvalue weighted by Gasteiger charge is 2.36. The Kier molecular flexibility index (Phi) is 2.82. The topological polar surface area (TPSA) is 53.1 Å². The SMILES string of the molecule is COc1ccc2c(c1)C(N)(Cc1ccn(C)n1)CC2. The van der Waals surface area contributed by atoms with Gasteiger partial charge in [0, 0.05) is 25.2 Å². The van der Waals surface area contributed by atoms with E-state index in [1.165, 1.54) is 11.1 Å². The van der Waals surface area contributed by atoms with E-state index in [1.807, 2.05) is 30.1 Å². The van der Waals surface area contributed by atoms with Gasteiger partial charge in [0.15, 0.2) is 0 Å². The van der Waals surface area contributed by atoms with Gasteiger partial charge in [-0.25, -0.2) is 0 Å². The molecule has 0 bridgehead atoms. The molecule has 0 saturated carbocycles. The number of aryl methyl sites for hydroxylation is 2. The zero-order valence-corrected chi connectivity index (χ0v) is 11.4. The average molecular weight is 257 g/mol. The van der Waals surface area contributed by atoms with Crippen LogP contribution in [0.5, 0.6) is 5.75 Å². The Bertz CT molecular complexity index is 605. The summed E-state index contributed by atoms with van der Waals surface area (Å²) in [5.74, 6) is 0.872. The molecule has 100 valence electrons. The molecule has 0 aliphatic heterocycles. The third-order valence-electron chi connectivity index (χ3n) is 3.96. The normalized spacial score (nSPS) is 21.4. The second kappa shape index (κ2) is 4.38. The number of aromatic nitrogens is 2. The van der Waals surface area contributed by atoms with Crippen molar-refractivity contribution in [2.75, 3.05) is 7.11 Å². The van der Waals surface area contributed by atoms with Gasteiger partial charge in [0.05, 0.1) is 12.8 Å². The molecule has 19 heavy (non-hydrogen) atoms. The highest BCUT2D eigenvalue weighted by molar-refractivity contribution is 5.44. The summed E-state index contributed by atoms with van der Waals surface area (Å²) >= 11 is 0. The van der Waals surface area contributed by atoms with Crippen molar-refractivity contribution >= 4 is 0 Å². The van der Waals surface area contributed by atoms with Crippen LogP contribution in [-0.4, -0.2) is 16.9 Å². The molecule has 1 atom stereocenters. The molecule has 1 aromatic heterocycles. The van der Waals surface area contributed by atoms with Crippen LogP contribution in [0.1, 0.15) is 23.2 Å². The Balaban J connectivity index is 1.94. The van der Waals surface area contributed by atoms with Crippen molar-refractivity contribution in [3.63, 3.8) is 0 Å². The minimum Gasteiger partial charge on any atom is -0.497 e. The number of nitrogens with two attached hydrogens (primary N) is 1. The summed E-state index contributed by atoms with van der Waals surface area (Å²) in [7, 11) is 3.62. The lowest BCUT2D eigenvalue weighted by atomic mass is 9.88. The van der Waals surface area contributed by atoms with E-state index < -0.39 is 0 Å². The maximum Gasteiger partial charge on any atom is 0.119 e. The van der Waals surface area contributed by atoms with Crippen LogP contribution in [0.2, 0.25) is 0 Å². The molecule has 0 saturated heterocycles. The van der Waals surface area contributed by atoms with Crippen LogP contribution in [0.4, 0.5) is 0 Å². The lowest BCUT2D eigenvalue weighted by molar-refractivity contribution is 0.406. The molecule has 4 heteroatoms. The maximum absolute atomic E-state index is 6.63. The molecule has 0 amide bonds. The number of rotatable bonds is 3. The van der Waals surface area contributed by atoms with E-state index in [-0.39, 0.29) is 5.54 Å². The number of methoxy groups -OCH3 is 1. The summed E-state index contributed by atoms with van der Waals surface area (Å²) in [6, 6.07) is 8.24. The van der Waals surface area contributed by atoms with Crippen molar-refractivity contribution in [1.29, 1.82) is 0 Å². The van der Waals surface area contributed by atoms with Gasteiger partial charge in [-0.2, -0.15) is 5.10 Å². The smallest absolute Gasteiger partial charge is 0.119 e. The summed E-state index contributed by atoms with van der Waals surface area (Å²) in [6.07, 6.45) is 4.73. The molecule has 4 nitrogen and oxygen atoms in total. The number of benzene rings is 1. The first-order valence-corrected chi connectivity index (χ1v) is 6.55. The van der Waals surface area contributed by atoms with E-state index in [1.54, 1.807) is 7.11 Å². The van der Waals surface area contributed by atoms with Gasteiger partial charge in [0.2, 0.25) is 0 Å². The minimum absolute atomic E-state index is 0.321. The van der Waals surface area contributed by atoms with Crippen LogP contribution in [0.25, 0.3) is 0 Å². The van der Waals surface area contributed by atoms with Gasteiger partial charge in [-0.3, -0.25) is 4.68 Å². The molecule has 0 spiro atoms. The Morgan fingerprint density at radius 2 is 2.26 bits per heavy atom. The molecule has 1 aromatic carbocycles. The molecular weight excluding hydrogens is 238 g/mol. The van der Waals surface area contributed by atoms with Crippen LogP contribution in [0.15, 0.2) is 30.5 Å². The zero-order valence-electron chi connectivity index (χ0n) is 11.4. The molecule has 1 aliphatic rings. The lowest BCUT2D eigenvalue weighted by Gasteiger charge is -2.24. The van der Waals surface area contributed by atoms with Crippen LogP contribution in [-0.2, 0) is 25.4 Å². The van der Waals surface area contributed by atoms with Crippen LogP contribution < -0.4 is 10.5 Å². The predicted molar refractivity (Wildman–Crippen MR) is 74.1 cm³/mol. The van der Waals surface area contributed by atoms with Crippen molar-refractivity contribution in [2.24, 2.45) is 12.8 Å². The fraction of sp³-hybridized carbons (Fsp3) is 0.400. The summed E-state index contributed by atoms with van der Waals surface area (Å²) in [5, 5.41) is 4.44. The Morgan fingerprint density at radius 3 is 2.95 bits per heavy atom. The molecule has 0 radical (unpaired) electrons. The zero-order chi connectivity index (χ0) is 13.5. The van der Waals surface area contributed by atoms with E-state index in [2.05, 4.69) is 17.2 Å². The number of nitrogens with zero attached hydrogens (tertiary/aromatic N) is 2. The van der Waals surface area contributed by atoms with Crippen LogP contribution in [0.3, 0.4) is 0 Å². The monoisotopic (exact) mass is 257 g/mol. The Hall–Kier alpha value is -1.81. The van der Waals surface area contributed by atoms with Gasteiger partial charge in [-0.15, -0.1) is 0 Å². The molecule has 1 unspecified atom stereocenters. The standard InChI is InChI=1S/C15H19N3O/c1-18-8-6-12(17-18)10-15(16)7-5-11-3-4-13(19-2)9-14(11)15/h3-4,6,8-9H,5,7,10,16H2,1-2H3. The highest BCUT2D eigenvalue weighted by atomic mass is 16.5. The molecule has 2 N–H and O–H groups in total. The van der Waals surface area contributed by atoms with Gasteiger partial charge < -0.3 is 10.5 Å². The molecule has 3 rings (SSSR count). The van der Waals surface area contributed by atoms with Crippen LogP contribution in [0, 0.1) is 0 Å². The van der Waals surface area contributed by atoms with Crippen molar-refractivity contribution < 1.29 is 4.74 Å². The maximum atomic E-state index is 6.63. The van der Waals surface area contributed by atoms with Crippen molar-refractivity contribution in [3.8, 4) is 5.75 Å². The second-order valence-corrected chi connectivity index (χ2v) is 5.34. The van der Waals surface area contributed by atoms with Gasteiger partial charge in [0.1, 0.15) is 5.75 Å². The van der Waals surface area contributed by atoms with Gasteiger partial charge in [0.25, 0.3) is 0 Å². The highest BCUT2D eigenvalue weighted by Crippen LogP contribution is 2.38. The summed E-state index contributed by atoms with van der Waals surface area (Å²) in [6.45, 7) is 0. The number of ether oxygens (including phenoxy) is 1. The first-order valence-electron chi connectivity index (χ1n) is 6.55. The number of fused-ring (bicyclic) bond motifs is 1. The van der Waals surface area contributed by atoms with E-state index in [0.717, 1.165) is 30.7 Å². The van der Waals surface area contributed by atoms with Crippen molar-refractivity contribution in [3.05, 3.63) is 47.3 Å². The van der Waals surface area contributed by atoms with E-state index in [9.17, 15) is 0 Å². The lowest BCUT2D eigenvalue weighted by Crippen LogP contribution is -2.36. The van der Waals surface area contributed by atoms with Gasteiger partial charge >= 0.3 is 0 Å². The van der Waals surface area contributed by atoms with E-state index >= 15 is 0 Å². The molecular formula is C15H19N3O. The number of hydrogen-bond donors (Lipinski definition) is 1. The minimum atomic E-state index is -0.321. The fourth-order valence-electron chi connectivity index (χ4n) is 2.92. The molecule has 0 fully saturated rings. The third kappa shape index (κ3) is 2.12. The summed E-state index contributed by atoms with van der Waals surface area (Å²) in [4.78, 5) is 0. The van der Waals surface area contributed by atoms with E-state index in [0.29, 0.717) is 0 Å². The predicted octanol–water partition coefficient (Wildman–Crippen LogP) is 1.77. The van der Waals surface area contributed by atoms with Gasteiger partial charge in [-0.05, 0) is 42.2 Å². The van der Waals surface area contributed by atoms with Crippen LogP contribution >= 0.6 is 0 Å². The fourth-order valence-corrected chi connectivity index (χ4v) is 2.92. The second-order valence-electron chi connectivity index (χ2n) is 5.34. The first kappa shape index (κ1) is 12.2. The number of hydrogen-bond acceptors (Lipinski definition) is 3. The first-order chi connectivity index (χ1) is 9.10. The average Bonchev–Trinajstić information content (AvgIpc) is 2.94. The molecule has 2 aromatic rings. The van der Waals surface area contributed by atoms with E-state index in [4.69, 9.17) is 10.5 Å². The molecule has 1 aliphatic carbocycles. The van der Waals surface area contributed by atoms with Gasteiger partial charge in [-0.1, -0.05) is 6.07 Å². The largest absolute Gasteiger partial charge is 0.497 e. The quantitative estimate of drug-likeness (QED) is 0.911. The Morgan fingerprint density at radius 1 is 1.42 bits per heavy atom.